The summed E-state index contributed by atoms with van der Waals surface area (Å²) in [6.45, 7) is 9.43. The molecule has 1 N–H and O–H groups in total. The maximum Gasteiger partial charge on any atom is 0.118 e. The molecule has 2 atom stereocenters. The monoisotopic (exact) mass is 411 g/mol. The predicted octanol–water partition coefficient (Wildman–Crippen LogP) is 6.33. The molecular formula is C26H37NOS. The second kappa shape index (κ2) is 10.7. The molecule has 1 aliphatic carbocycles. The van der Waals surface area contributed by atoms with Gasteiger partial charge in [0.15, 0.2) is 0 Å². The number of nitrogens with zero attached hydrogens (tertiary/aromatic N) is 1. The van der Waals surface area contributed by atoms with Crippen molar-refractivity contribution in [2.24, 2.45) is 5.92 Å². The fraction of sp³-hybridized carbons (Fsp3) is 0.538. The Morgan fingerprint density at radius 1 is 0.931 bits per heavy atom. The lowest BCUT2D eigenvalue weighted by Crippen LogP contribution is -2.42. The van der Waals surface area contributed by atoms with Crippen LogP contribution in [0.25, 0.3) is 0 Å². The van der Waals surface area contributed by atoms with Gasteiger partial charge in [-0.2, -0.15) is 0 Å². The van der Waals surface area contributed by atoms with Crippen LogP contribution in [0.15, 0.2) is 59.5 Å². The van der Waals surface area contributed by atoms with Gasteiger partial charge < -0.3 is 10.0 Å². The maximum absolute atomic E-state index is 12.0. The standard InChI is InChI=1S/C26H37NOS/c1-4-27(5-2)20-21(3)26(28,22-12-8-6-9-13-22)23-16-18-25(19-17-23)29-24-14-10-7-11-15-24/h6,8-9,12-13,16-19,21,24,28H,4-5,7,10-11,14-15,20H2,1-3H3. The van der Waals surface area contributed by atoms with Crippen molar-refractivity contribution in [3.63, 3.8) is 0 Å². The van der Waals surface area contributed by atoms with E-state index in [0.717, 1.165) is 36.0 Å². The molecule has 0 spiro atoms. The third-order valence-corrected chi connectivity index (χ3v) is 7.85. The molecule has 0 heterocycles. The fourth-order valence-electron chi connectivity index (χ4n) is 4.59. The average molecular weight is 412 g/mol. The average Bonchev–Trinajstić information content (AvgIpc) is 2.78. The van der Waals surface area contributed by atoms with Gasteiger partial charge in [0.25, 0.3) is 0 Å². The second-order valence-corrected chi connectivity index (χ2v) is 9.80. The van der Waals surface area contributed by atoms with Crippen LogP contribution in [0.2, 0.25) is 0 Å². The van der Waals surface area contributed by atoms with Gasteiger partial charge in [0.2, 0.25) is 0 Å². The number of rotatable bonds is 9. The van der Waals surface area contributed by atoms with E-state index in [1.807, 2.05) is 30.0 Å². The van der Waals surface area contributed by atoms with E-state index in [1.54, 1.807) is 0 Å². The molecule has 1 fully saturated rings. The summed E-state index contributed by atoms with van der Waals surface area (Å²) >= 11 is 2.02. The van der Waals surface area contributed by atoms with Gasteiger partial charge in [-0.25, -0.2) is 0 Å². The van der Waals surface area contributed by atoms with Crippen molar-refractivity contribution < 1.29 is 5.11 Å². The summed E-state index contributed by atoms with van der Waals surface area (Å²) in [6, 6.07) is 18.9. The number of hydrogen-bond donors (Lipinski definition) is 1. The smallest absolute Gasteiger partial charge is 0.118 e. The highest BCUT2D eigenvalue weighted by Gasteiger charge is 2.38. The Morgan fingerprint density at radius 3 is 2.10 bits per heavy atom. The van der Waals surface area contributed by atoms with Crippen LogP contribution in [0, 0.1) is 5.92 Å². The molecule has 2 aromatic carbocycles. The molecule has 158 valence electrons. The van der Waals surface area contributed by atoms with Crippen LogP contribution in [0.1, 0.15) is 64.0 Å². The lowest BCUT2D eigenvalue weighted by Gasteiger charge is -2.38. The molecule has 3 heteroatoms. The first-order valence-corrected chi connectivity index (χ1v) is 12.2. The molecule has 0 radical (unpaired) electrons. The maximum atomic E-state index is 12.0. The molecule has 1 saturated carbocycles. The van der Waals surface area contributed by atoms with Crippen molar-refractivity contribution in [2.75, 3.05) is 19.6 Å². The van der Waals surface area contributed by atoms with Crippen molar-refractivity contribution in [3.8, 4) is 0 Å². The Bertz CT molecular complexity index is 722. The van der Waals surface area contributed by atoms with E-state index in [0.29, 0.717) is 0 Å². The number of thioether (sulfide) groups is 1. The molecule has 0 aromatic heterocycles. The molecule has 0 saturated heterocycles. The normalized spacial score (nSPS) is 18.5. The number of aliphatic hydroxyl groups is 1. The quantitative estimate of drug-likeness (QED) is 0.522. The lowest BCUT2D eigenvalue weighted by molar-refractivity contribution is 0.00867. The molecule has 0 amide bonds. The highest BCUT2D eigenvalue weighted by Crippen LogP contribution is 2.39. The van der Waals surface area contributed by atoms with E-state index in [2.05, 4.69) is 62.1 Å². The van der Waals surface area contributed by atoms with Crippen LogP contribution in [-0.2, 0) is 5.60 Å². The highest BCUT2D eigenvalue weighted by molar-refractivity contribution is 8.00. The first-order valence-electron chi connectivity index (χ1n) is 11.3. The molecule has 0 aliphatic heterocycles. The number of hydrogen-bond acceptors (Lipinski definition) is 3. The van der Waals surface area contributed by atoms with Gasteiger partial charge in [0.05, 0.1) is 0 Å². The zero-order valence-electron chi connectivity index (χ0n) is 18.3. The molecule has 1 aliphatic rings. The van der Waals surface area contributed by atoms with E-state index in [9.17, 15) is 5.11 Å². The molecule has 29 heavy (non-hydrogen) atoms. The van der Waals surface area contributed by atoms with Crippen molar-refractivity contribution in [1.82, 2.24) is 4.90 Å². The Morgan fingerprint density at radius 2 is 1.52 bits per heavy atom. The third-order valence-electron chi connectivity index (χ3n) is 6.50. The largest absolute Gasteiger partial charge is 0.380 e. The summed E-state index contributed by atoms with van der Waals surface area (Å²) in [5.74, 6) is 0.0849. The van der Waals surface area contributed by atoms with Crippen molar-refractivity contribution in [3.05, 3.63) is 65.7 Å². The Balaban J connectivity index is 1.85. The van der Waals surface area contributed by atoms with Gasteiger partial charge in [-0.3, -0.25) is 0 Å². The summed E-state index contributed by atoms with van der Waals surface area (Å²) in [6.07, 6.45) is 6.80. The van der Waals surface area contributed by atoms with Gasteiger partial charge in [0.1, 0.15) is 5.60 Å². The summed E-state index contributed by atoms with van der Waals surface area (Å²) < 4.78 is 0. The Hall–Kier alpha value is -1.29. The van der Waals surface area contributed by atoms with Crippen molar-refractivity contribution in [2.45, 2.75) is 68.6 Å². The first-order chi connectivity index (χ1) is 14.1. The summed E-state index contributed by atoms with van der Waals surface area (Å²) in [7, 11) is 0. The summed E-state index contributed by atoms with van der Waals surface area (Å²) in [5.41, 5.74) is 0.987. The van der Waals surface area contributed by atoms with Gasteiger partial charge >= 0.3 is 0 Å². The van der Waals surface area contributed by atoms with E-state index >= 15 is 0 Å². The van der Waals surface area contributed by atoms with Crippen LogP contribution in [0.4, 0.5) is 0 Å². The molecule has 3 rings (SSSR count). The van der Waals surface area contributed by atoms with Crippen LogP contribution < -0.4 is 0 Å². The SMILES string of the molecule is CCN(CC)CC(C)C(O)(c1ccccc1)c1ccc(SC2CCCCC2)cc1. The molecule has 2 aromatic rings. The van der Waals surface area contributed by atoms with E-state index in [-0.39, 0.29) is 5.92 Å². The summed E-state index contributed by atoms with van der Waals surface area (Å²) in [5, 5.41) is 12.8. The van der Waals surface area contributed by atoms with Crippen LogP contribution in [-0.4, -0.2) is 34.9 Å². The minimum atomic E-state index is -0.988. The molecule has 2 unspecified atom stereocenters. The second-order valence-electron chi connectivity index (χ2n) is 8.42. The molecule has 2 nitrogen and oxygen atoms in total. The Kier molecular flexibility index (Phi) is 8.23. The third kappa shape index (κ3) is 5.45. The van der Waals surface area contributed by atoms with E-state index in [1.165, 1.54) is 37.0 Å². The van der Waals surface area contributed by atoms with Gasteiger partial charge in [-0.1, -0.05) is 82.5 Å². The topological polar surface area (TPSA) is 23.5 Å². The fourth-order valence-corrected chi connectivity index (χ4v) is 5.84. The zero-order chi connectivity index (χ0) is 20.7. The number of benzene rings is 2. The minimum absolute atomic E-state index is 0.0849. The van der Waals surface area contributed by atoms with Crippen molar-refractivity contribution in [1.29, 1.82) is 0 Å². The summed E-state index contributed by atoms with van der Waals surface area (Å²) in [4.78, 5) is 3.72. The minimum Gasteiger partial charge on any atom is -0.380 e. The Labute approximate surface area is 181 Å². The van der Waals surface area contributed by atoms with E-state index in [4.69, 9.17) is 0 Å². The molecule has 0 bridgehead atoms. The van der Waals surface area contributed by atoms with E-state index < -0.39 is 5.60 Å². The molecular weight excluding hydrogens is 374 g/mol. The van der Waals surface area contributed by atoms with Crippen LogP contribution in [0.3, 0.4) is 0 Å². The predicted molar refractivity (Wildman–Crippen MR) is 126 cm³/mol. The lowest BCUT2D eigenvalue weighted by atomic mass is 9.76. The first kappa shape index (κ1) is 22.4. The zero-order valence-corrected chi connectivity index (χ0v) is 19.1. The van der Waals surface area contributed by atoms with Crippen LogP contribution in [0.5, 0.6) is 0 Å². The van der Waals surface area contributed by atoms with Gasteiger partial charge in [-0.05, 0) is 49.2 Å². The van der Waals surface area contributed by atoms with Crippen LogP contribution >= 0.6 is 11.8 Å². The van der Waals surface area contributed by atoms with Gasteiger partial charge in [0, 0.05) is 22.6 Å². The van der Waals surface area contributed by atoms with Gasteiger partial charge in [-0.15, -0.1) is 11.8 Å². The van der Waals surface area contributed by atoms with Crippen molar-refractivity contribution >= 4 is 11.8 Å². The highest BCUT2D eigenvalue weighted by atomic mass is 32.2.